The monoisotopic (exact) mass is 868 g/mol. The molecular formula is C46H78NO12P. The van der Waals surface area contributed by atoms with Crippen LogP contribution in [0.25, 0.3) is 0 Å². The van der Waals surface area contributed by atoms with Crippen LogP contribution in [0.4, 0.5) is 0 Å². The third kappa shape index (κ3) is 37.8. The quantitative estimate of drug-likeness (QED) is 0.0168. The Bertz CT molecular complexity index is 1330. The van der Waals surface area contributed by atoms with Gasteiger partial charge in [-0.2, -0.15) is 0 Å². The van der Waals surface area contributed by atoms with Gasteiger partial charge in [0.25, 0.3) is 0 Å². The molecule has 60 heavy (non-hydrogen) atoms. The lowest BCUT2D eigenvalue weighted by Gasteiger charge is -2.20. The second-order valence-corrected chi connectivity index (χ2v) is 16.2. The summed E-state index contributed by atoms with van der Waals surface area (Å²) in [5.74, 6) is -2.72. The third-order valence-electron chi connectivity index (χ3n) is 9.14. The van der Waals surface area contributed by atoms with Crippen LogP contribution in [0.1, 0.15) is 155 Å². The van der Waals surface area contributed by atoms with Gasteiger partial charge in [-0.1, -0.05) is 132 Å². The zero-order valence-corrected chi connectivity index (χ0v) is 37.4. The van der Waals surface area contributed by atoms with Crippen molar-refractivity contribution >= 4 is 25.7 Å². The molecule has 0 aliphatic rings. The van der Waals surface area contributed by atoms with E-state index in [0.717, 1.165) is 77.0 Å². The van der Waals surface area contributed by atoms with Crippen molar-refractivity contribution in [2.24, 2.45) is 5.73 Å². The van der Waals surface area contributed by atoms with Crippen LogP contribution in [0.5, 0.6) is 0 Å². The van der Waals surface area contributed by atoms with E-state index in [1.807, 2.05) is 12.2 Å². The summed E-state index contributed by atoms with van der Waals surface area (Å²) in [7, 11) is -4.79. The van der Waals surface area contributed by atoms with Gasteiger partial charge in [0.2, 0.25) is 0 Å². The van der Waals surface area contributed by atoms with E-state index in [-0.39, 0.29) is 32.1 Å². The van der Waals surface area contributed by atoms with Crippen LogP contribution in [-0.2, 0) is 37.5 Å². The number of carbonyl (C=O) groups excluding carboxylic acids is 2. The van der Waals surface area contributed by atoms with Gasteiger partial charge in [0.1, 0.15) is 12.6 Å². The summed E-state index contributed by atoms with van der Waals surface area (Å²) < 4.78 is 32.5. The van der Waals surface area contributed by atoms with E-state index in [4.69, 9.17) is 24.8 Å². The highest BCUT2D eigenvalue weighted by Gasteiger charge is 2.28. The highest BCUT2D eigenvalue weighted by atomic mass is 31.2. The Balaban J connectivity index is 4.61. The summed E-state index contributed by atoms with van der Waals surface area (Å²) in [5, 5.41) is 29.6. The first kappa shape index (κ1) is 56.8. The highest BCUT2D eigenvalue weighted by molar-refractivity contribution is 7.47. The smallest absolute Gasteiger partial charge is 0.472 e. The molecule has 0 aromatic rings. The van der Waals surface area contributed by atoms with Gasteiger partial charge in [-0.3, -0.25) is 23.4 Å². The lowest BCUT2D eigenvalue weighted by atomic mass is 10.0. The van der Waals surface area contributed by atoms with Crippen LogP contribution in [0.15, 0.2) is 72.9 Å². The standard InChI is InChI=1S/C46H78NO12P/c1-3-5-7-9-11-13-15-17-18-19-20-21-23-25-27-29-31-35-45(51)59-40(38-57-60(54,55)58-39-41(47)46(52)53)37-56-44(50)36-32-34-43(49)42(48)33-30-28-26-24-22-16-14-12-10-8-6-4-2/h6,8,11-14,17-18,22,24,28,30,40-43,48-49H,3-5,7,9-10,15-16,19-21,23,25-27,29,31-39,47H2,1-2H3,(H,52,53)(H,54,55)/b8-6-,13-11-,14-12-,18-17-,24-22-,30-28-/t40-,41+,42+,43+/m1/s1. The Kier molecular flexibility index (Phi) is 37.8. The van der Waals surface area contributed by atoms with Gasteiger partial charge >= 0.3 is 25.7 Å². The van der Waals surface area contributed by atoms with E-state index in [1.54, 1.807) is 6.08 Å². The molecule has 6 N–H and O–H groups in total. The van der Waals surface area contributed by atoms with Crippen LogP contribution in [0, 0.1) is 0 Å². The number of esters is 2. The van der Waals surface area contributed by atoms with E-state index in [1.165, 1.54) is 19.3 Å². The minimum atomic E-state index is -4.79. The predicted molar refractivity (Wildman–Crippen MR) is 238 cm³/mol. The zero-order valence-electron chi connectivity index (χ0n) is 36.5. The Morgan fingerprint density at radius 3 is 1.68 bits per heavy atom. The molecule has 0 aromatic carbocycles. The van der Waals surface area contributed by atoms with Gasteiger partial charge in [0, 0.05) is 12.8 Å². The SMILES string of the molecule is CC/C=C\C/C=C\C/C=C\C/C=C\C[C@H](O)[C@@H](O)CCCC(=O)OC[C@H](COP(=O)(O)OC[C@H](N)C(=O)O)OC(=O)CCCCCCCCC/C=C\C/C=C\CCCCC. The number of rotatable bonds is 40. The average Bonchev–Trinajstić information content (AvgIpc) is 3.22. The number of unbranched alkanes of at least 4 members (excludes halogenated alkanes) is 10. The van der Waals surface area contributed by atoms with Gasteiger partial charge in [0.05, 0.1) is 25.4 Å². The van der Waals surface area contributed by atoms with Crippen LogP contribution < -0.4 is 5.73 Å². The minimum Gasteiger partial charge on any atom is -0.480 e. The maximum Gasteiger partial charge on any atom is 0.472 e. The molecule has 5 atom stereocenters. The van der Waals surface area contributed by atoms with Gasteiger partial charge in [-0.05, 0) is 83.5 Å². The molecule has 0 aromatic heterocycles. The molecule has 13 nitrogen and oxygen atoms in total. The molecular weight excluding hydrogens is 789 g/mol. The van der Waals surface area contributed by atoms with E-state index >= 15 is 0 Å². The second kappa shape index (κ2) is 39.9. The number of aliphatic hydroxyl groups is 2. The fourth-order valence-corrected chi connectivity index (χ4v) is 6.31. The van der Waals surface area contributed by atoms with Gasteiger partial charge in [0.15, 0.2) is 6.10 Å². The molecule has 0 spiro atoms. The van der Waals surface area contributed by atoms with Gasteiger partial charge in [-0.25, -0.2) is 4.57 Å². The number of hydrogen-bond donors (Lipinski definition) is 5. The summed E-state index contributed by atoms with van der Waals surface area (Å²) in [4.78, 5) is 46.1. The fourth-order valence-electron chi connectivity index (χ4n) is 5.53. The first-order valence-corrected chi connectivity index (χ1v) is 23.6. The first-order valence-electron chi connectivity index (χ1n) is 22.1. The minimum absolute atomic E-state index is 0.0875. The van der Waals surface area contributed by atoms with E-state index in [0.29, 0.717) is 12.8 Å². The van der Waals surface area contributed by atoms with Crippen molar-refractivity contribution in [3.05, 3.63) is 72.9 Å². The van der Waals surface area contributed by atoms with Gasteiger partial charge in [-0.15, -0.1) is 0 Å². The molecule has 0 saturated carbocycles. The van der Waals surface area contributed by atoms with Crippen molar-refractivity contribution in [2.75, 3.05) is 19.8 Å². The number of nitrogens with two attached hydrogens (primary N) is 1. The number of carbonyl (C=O) groups is 3. The Morgan fingerprint density at radius 2 is 1.10 bits per heavy atom. The van der Waals surface area contributed by atoms with Crippen molar-refractivity contribution in [3.8, 4) is 0 Å². The number of carboxylic acid groups (broad SMARTS) is 1. The lowest BCUT2D eigenvalue weighted by Crippen LogP contribution is -2.34. The van der Waals surface area contributed by atoms with Crippen molar-refractivity contribution in [3.63, 3.8) is 0 Å². The van der Waals surface area contributed by atoms with Crippen molar-refractivity contribution in [1.82, 2.24) is 0 Å². The topological polar surface area (TPSA) is 212 Å². The summed E-state index contributed by atoms with van der Waals surface area (Å²) in [6.07, 6.45) is 39.9. The maximum absolute atomic E-state index is 12.6. The molecule has 0 aliphatic heterocycles. The highest BCUT2D eigenvalue weighted by Crippen LogP contribution is 2.43. The molecule has 0 heterocycles. The van der Waals surface area contributed by atoms with Crippen LogP contribution >= 0.6 is 7.82 Å². The number of hydrogen-bond acceptors (Lipinski definition) is 11. The molecule has 0 aliphatic carbocycles. The van der Waals surface area contributed by atoms with E-state index in [2.05, 4.69) is 73.1 Å². The van der Waals surface area contributed by atoms with Crippen LogP contribution in [0.3, 0.4) is 0 Å². The molecule has 344 valence electrons. The molecule has 0 rings (SSSR count). The normalized spacial score (nSPS) is 15.4. The number of phosphoric acid groups is 1. The number of ether oxygens (including phenoxy) is 2. The molecule has 0 saturated heterocycles. The van der Waals surface area contributed by atoms with E-state index in [9.17, 15) is 34.1 Å². The first-order chi connectivity index (χ1) is 28.9. The van der Waals surface area contributed by atoms with Crippen molar-refractivity contribution in [2.45, 2.75) is 179 Å². The molecule has 1 unspecified atom stereocenters. The molecule has 0 amide bonds. The molecule has 0 radical (unpaired) electrons. The van der Waals surface area contributed by atoms with Crippen molar-refractivity contribution in [1.29, 1.82) is 0 Å². The predicted octanol–water partition coefficient (Wildman–Crippen LogP) is 9.67. The summed E-state index contributed by atoms with van der Waals surface area (Å²) in [5.41, 5.74) is 5.32. The fraction of sp³-hybridized carbons (Fsp3) is 0.674. The largest absolute Gasteiger partial charge is 0.480 e. The summed E-state index contributed by atoms with van der Waals surface area (Å²) in [6, 6.07) is -1.57. The Hall–Kier alpha value is -3.16. The number of aliphatic carboxylic acids is 1. The van der Waals surface area contributed by atoms with Crippen LogP contribution in [-0.4, -0.2) is 82.3 Å². The number of allylic oxidation sites excluding steroid dienone is 11. The summed E-state index contributed by atoms with van der Waals surface area (Å²) >= 11 is 0. The van der Waals surface area contributed by atoms with E-state index < -0.39 is 69.9 Å². The number of aliphatic hydroxyl groups excluding tert-OH is 2. The van der Waals surface area contributed by atoms with Crippen LogP contribution in [0.2, 0.25) is 0 Å². The molecule has 14 heteroatoms. The molecule has 0 bridgehead atoms. The lowest BCUT2D eigenvalue weighted by molar-refractivity contribution is -0.161. The number of phosphoric ester groups is 1. The van der Waals surface area contributed by atoms with Crippen molar-refractivity contribution < 1.29 is 57.7 Å². The second-order valence-electron chi connectivity index (χ2n) is 14.8. The Labute approximate surface area is 360 Å². The average molecular weight is 868 g/mol. The summed E-state index contributed by atoms with van der Waals surface area (Å²) in [6.45, 7) is 2.35. The third-order valence-corrected chi connectivity index (χ3v) is 10.1. The number of carboxylic acids is 1. The maximum atomic E-state index is 12.6. The zero-order chi connectivity index (χ0) is 44.5. The molecule has 0 fully saturated rings. The van der Waals surface area contributed by atoms with Gasteiger partial charge < -0.3 is 35.4 Å². The Morgan fingerprint density at radius 1 is 0.600 bits per heavy atom.